The number of hydrogen-bond acceptors (Lipinski definition) is 5. The molecule has 5 nitrogen and oxygen atoms in total. The van der Waals surface area contributed by atoms with E-state index in [2.05, 4.69) is 45.6 Å². The zero-order valence-corrected chi connectivity index (χ0v) is 15.4. The van der Waals surface area contributed by atoms with Crippen LogP contribution >= 0.6 is 11.8 Å². The number of nitrogens with zero attached hydrogens (tertiary/aromatic N) is 4. The highest BCUT2D eigenvalue weighted by Crippen LogP contribution is 2.23. The average molecular weight is 362 g/mol. The monoisotopic (exact) mass is 362 g/mol. The van der Waals surface area contributed by atoms with Crippen molar-refractivity contribution in [3.05, 3.63) is 72.2 Å². The number of thioether (sulfide) groups is 1. The van der Waals surface area contributed by atoms with Crippen LogP contribution in [0.3, 0.4) is 0 Å². The molecule has 0 saturated carbocycles. The van der Waals surface area contributed by atoms with Crippen molar-refractivity contribution >= 4 is 17.5 Å². The quantitative estimate of drug-likeness (QED) is 0.500. The molecule has 2 aromatic heterocycles. The normalized spacial score (nSPS) is 11.0. The van der Waals surface area contributed by atoms with Crippen molar-refractivity contribution < 1.29 is 4.74 Å². The molecule has 0 fully saturated rings. The molecule has 130 valence electrons. The van der Waals surface area contributed by atoms with Gasteiger partial charge in [0.1, 0.15) is 5.75 Å². The van der Waals surface area contributed by atoms with Gasteiger partial charge in [0.2, 0.25) is 0 Å². The molecule has 0 bridgehead atoms. The zero-order valence-electron chi connectivity index (χ0n) is 14.6. The molecule has 26 heavy (non-hydrogen) atoms. The minimum absolute atomic E-state index is 0.611. The van der Waals surface area contributed by atoms with E-state index in [9.17, 15) is 0 Å². The lowest BCUT2D eigenvalue weighted by molar-refractivity contribution is 0.414. The summed E-state index contributed by atoms with van der Waals surface area (Å²) in [6.45, 7) is 0. The highest BCUT2D eigenvalue weighted by molar-refractivity contribution is 7.98. The zero-order chi connectivity index (χ0) is 17.9. The van der Waals surface area contributed by atoms with E-state index < -0.39 is 0 Å². The molecule has 6 heteroatoms. The maximum atomic E-state index is 5.20. The van der Waals surface area contributed by atoms with Gasteiger partial charge in [-0.05, 0) is 42.2 Å². The minimum Gasteiger partial charge on any atom is -0.497 e. The Bertz CT molecular complexity index is 1030. The Balaban J connectivity index is 1.68. The van der Waals surface area contributed by atoms with Crippen LogP contribution < -0.4 is 4.74 Å². The van der Waals surface area contributed by atoms with E-state index in [-0.39, 0.29) is 0 Å². The Morgan fingerprint density at radius 1 is 1.00 bits per heavy atom. The number of rotatable bonds is 5. The third-order valence-electron chi connectivity index (χ3n) is 4.19. The van der Waals surface area contributed by atoms with Crippen LogP contribution in [0.4, 0.5) is 0 Å². The first-order chi connectivity index (χ1) is 12.8. The SMILES string of the molecule is COc1ccc(Cc2nc3nccc(-c4ccc(SC)cc4)n3n2)cc1. The predicted octanol–water partition coefficient (Wildman–Crippen LogP) is 4.11. The molecule has 0 N–H and O–H groups in total. The largest absolute Gasteiger partial charge is 0.497 e. The van der Waals surface area contributed by atoms with Crippen molar-refractivity contribution in [3.8, 4) is 17.0 Å². The molecular formula is C20H18N4OS. The lowest BCUT2D eigenvalue weighted by Gasteiger charge is -2.04. The molecule has 0 radical (unpaired) electrons. The molecule has 0 unspecified atom stereocenters. The van der Waals surface area contributed by atoms with Crippen LogP contribution in [0.5, 0.6) is 5.75 Å². The number of benzene rings is 2. The summed E-state index contributed by atoms with van der Waals surface area (Å²) < 4.78 is 7.01. The maximum Gasteiger partial charge on any atom is 0.252 e. The average Bonchev–Trinajstić information content (AvgIpc) is 3.11. The Morgan fingerprint density at radius 3 is 2.46 bits per heavy atom. The topological polar surface area (TPSA) is 52.3 Å². The van der Waals surface area contributed by atoms with Crippen LogP contribution in [-0.4, -0.2) is 32.9 Å². The molecule has 0 aliphatic carbocycles. The molecule has 2 heterocycles. The summed E-state index contributed by atoms with van der Waals surface area (Å²) in [6.07, 6.45) is 4.50. The third-order valence-corrected chi connectivity index (χ3v) is 4.94. The van der Waals surface area contributed by atoms with Gasteiger partial charge in [0, 0.05) is 23.1 Å². The van der Waals surface area contributed by atoms with Crippen molar-refractivity contribution in [2.75, 3.05) is 13.4 Å². The van der Waals surface area contributed by atoms with Gasteiger partial charge in [-0.2, -0.15) is 9.50 Å². The molecule has 0 aliphatic rings. The van der Waals surface area contributed by atoms with Crippen molar-refractivity contribution in [1.29, 1.82) is 0 Å². The summed E-state index contributed by atoms with van der Waals surface area (Å²) >= 11 is 1.73. The predicted molar refractivity (Wildman–Crippen MR) is 104 cm³/mol. The van der Waals surface area contributed by atoms with Crippen LogP contribution in [-0.2, 0) is 6.42 Å². The number of fused-ring (bicyclic) bond motifs is 1. The minimum atomic E-state index is 0.611. The number of ether oxygens (including phenoxy) is 1. The first kappa shape index (κ1) is 16.6. The Kier molecular flexibility index (Phi) is 4.58. The standard InChI is InChI=1S/C20H18N4OS/c1-25-16-7-3-14(4-8-16)13-19-22-20-21-12-11-18(24(20)23-19)15-5-9-17(26-2)10-6-15/h3-12H,13H2,1-2H3. The smallest absolute Gasteiger partial charge is 0.252 e. The molecule has 0 atom stereocenters. The molecular weight excluding hydrogens is 344 g/mol. The number of hydrogen-bond donors (Lipinski definition) is 0. The second kappa shape index (κ2) is 7.17. The van der Waals surface area contributed by atoms with Gasteiger partial charge in [-0.15, -0.1) is 16.9 Å². The fourth-order valence-electron chi connectivity index (χ4n) is 2.82. The number of methoxy groups -OCH3 is 1. The van der Waals surface area contributed by atoms with E-state index in [0.717, 1.165) is 28.4 Å². The Morgan fingerprint density at radius 2 is 1.77 bits per heavy atom. The van der Waals surface area contributed by atoms with Gasteiger partial charge in [-0.3, -0.25) is 0 Å². The fourth-order valence-corrected chi connectivity index (χ4v) is 3.22. The van der Waals surface area contributed by atoms with Crippen LogP contribution in [0.1, 0.15) is 11.4 Å². The second-order valence-corrected chi connectivity index (χ2v) is 6.70. The van der Waals surface area contributed by atoms with E-state index in [4.69, 9.17) is 4.74 Å². The van der Waals surface area contributed by atoms with Crippen molar-refractivity contribution in [2.24, 2.45) is 0 Å². The molecule has 0 spiro atoms. The van der Waals surface area contributed by atoms with Gasteiger partial charge in [0.25, 0.3) is 5.78 Å². The number of aromatic nitrogens is 4. The summed E-state index contributed by atoms with van der Waals surface area (Å²) in [6, 6.07) is 18.3. The van der Waals surface area contributed by atoms with Crippen molar-refractivity contribution in [2.45, 2.75) is 11.3 Å². The summed E-state index contributed by atoms with van der Waals surface area (Å²) in [7, 11) is 1.66. The van der Waals surface area contributed by atoms with E-state index in [0.29, 0.717) is 12.2 Å². The van der Waals surface area contributed by atoms with E-state index in [1.807, 2.05) is 34.8 Å². The van der Waals surface area contributed by atoms with E-state index in [1.165, 1.54) is 4.90 Å². The van der Waals surface area contributed by atoms with Crippen molar-refractivity contribution in [1.82, 2.24) is 19.6 Å². The summed E-state index contributed by atoms with van der Waals surface area (Å²) in [4.78, 5) is 10.2. The van der Waals surface area contributed by atoms with Gasteiger partial charge in [-0.1, -0.05) is 24.3 Å². The van der Waals surface area contributed by atoms with Crippen LogP contribution in [0.25, 0.3) is 17.0 Å². The Labute approximate surface area is 156 Å². The maximum absolute atomic E-state index is 5.20. The van der Waals surface area contributed by atoms with Gasteiger partial charge in [0.15, 0.2) is 5.82 Å². The Hall–Kier alpha value is -2.86. The first-order valence-corrected chi connectivity index (χ1v) is 9.47. The second-order valence-electron chi connectivity index (χ2n) is 5.82. The van der Waals surface area contributed by atoms with Gasteiger partial charge < -0.3 is 4.74 Å². The van der Waals surface area contributed by atoms with E-state index in [1.54, 1.807) is 25.1 Å². The first-order valence-electron chi connectivity index (χ1n) is 8.25. The third kappa shape index (κ3) is 3.28. The molecule has 4 rings (SSSR count). The summed E-state index contributed by atoms with van der Waals surface area (Å²) in [5, 5.41) is 4.68. The molecule has 2 aromatic carbocycles. The van der Waals surface area contributed by atoms with Crippen molar-refractivity contribution in [3.63, 3.8) is 0 Å². The molecule has 4 aromatic rings. The van der Waals surface area contributed by atoms with Gasteiger partial charge in [0.05, 0.1) is 12.8 Å². The summed E-state index contributed by atoms with van der Waals surface area (Å²) in [5.74, 6) is 2.20. The van der Waals surface area contributed by atoms with Crippen LogP contribution in [0.15, 0.2) is 65.7 Å². The van der Waals surface area contributed by atoms with E-state index >= 15 is 0 Å². The summed E-state index contributed by atoms with van der Waals surface area (Å²) in [5.41, 5.74) is 3.21. The fraction of sp³-hybridized carbons (Fsp3) is 0.150. The van der Waals surface area contributed by atoms with Gasteiger partial charge in [-0.25, -0.2) is 4.98 Å². The highest BCUT2D eigenvalue weighted by Gasteiger charge is 2.10. The van der Waals surface area contributed by atoms with Crippen LogP contribution in [0, 0.1) is 0 Å². The molecule has 0 saturated heterocycles. The molecule has 0 aliphatic heterocycles. The highest BCUT2D eigenvalue weighted by atomic mass is 32.2. The lowest BCUT2D eigenvalue weighted by Crippen LogP contribution is -1.96. The molecule has 0 amide bonds. The van der Waals surface area contributed by atoms with Crippen LogP contribution in [0.2, 0.25) is 0 Å². The lowest BCUT2D eigenvalue weighted by atomic mass is 10.1. The van der Waals surface area contributed by atoms with Gasteiger partial charge >= 0.3 is 0 Å².